The standard InChI is InChI=1S/C19H20N4O/c20-13-16-9-4-10-21-19(16)22-17-12-18(24)23(14-17)11-5-8-15-6-2-1-3-7-15/h1-4,6-7,9-10,17H,5,8,11-12,14H2,(H,21,22)/t17-/m1/s1. The van der Waals surface area contributed by atoms with Gasteiger partial charge in [0.2, 0.25) is 5.91 Å². The van der Waals surface area contributed by atoms with Gasteiger partial charge in [-0.25, -0.2) is 4.98 Å². The Morgan fingerprint density at radius 1 is 1.25 bits per heavy atom. The smallest absolute Gasteiger partial charge is 0.224 e. The minimum absolute atomic E-state index is 0.0104. The molecule has 5 nitrogen and oxygen atoms in total. The lowest BCUT2D eigenvalue weighted by Crippen LogP contribution is -2.29. The van der Waals surface area contributed by atoms with Crippen LogP contribution in [0, 0.1) is 11.3 Å². The number of carbonyl (C=O) groups is 1. The maximum atomic E-state index is 12.2. The van der Waals surface area contributed by atoms with Crippen LogP contribution >= 0.6 is 0 Å². The van der Waals surface area contributed by atoms with E-state index in [1.165, 1.54) is 5.56 Å². The lowest BCUT2D eigenvalue weighted by Gasteiger charge is -2.17. The number of benzene rings is 1. The molecule has 0 radical (unpaired) electrons. The van der Waals surface area contributed by atoms with E-state index in [0.717, 1.165) is 19.4 Å². The fourth-order valence-electron chi connectivity index (χ4n) is 3.01. The van der Waals surface area contributed by atoms with Gasteiger partial charge in [-0.15, -0.1) is 0 Å². The number of nitrogens with zero attached hydrogens (tertiary/aromatic N) is 3. The number of carbonyl (C=O) groups excluding carboxylic acids is 1. The van der Waals surface area contributed by atoms with E-state index < -0.39 is 0 Å². The SMILES string of the molecule is N#Cc1cccnc1N[C@@H]1CC(=O)N(CCCc2ccccc2)C1. The molecule has 2 heterocycles. The van der Waals surface area contributed by atoms with E-state index in [0.29, 0.717) is 24.3 Å². The van der Waals surface area contributed by atoms with Crippen molar-refractivity contribution in [3.8, 4) is 6.07 Å². The number of likely N-dealkylation sites (tertiary alicyclic amines) is 1. The van der Waals surface area contributed by atoms with Crippen molar-refractivity contribution in [3.63, 3.8) is 0 Å². The molecule has 1 saturated heterocycles. The topological polar surface area (TPSA) is 69.0 Å². The summed E-state index contributed by atoms with van der Waals surface area (Å²) in [5.74, 6) is 0.721. The molecule has 5 heteroatoms. The number of anilines is 1. The molecule has 2 aromatic rings. The third-order valence-electron chi connectivity index (χ3n) is 4.22. The van der Waals surface area contributed by atoms with E-state index in [4.69, 9.17) is 5.26 Å². The number of hydrogen-bond donors (Lipinski definition) is 1. The first kappa shape index (κ1) is 16.0. The van der Waals surface area contributed by atoms with Crippen molar-refractivity contribution in [2.45, 2.75) is 25.3 Å². The first-order valence-corrected chi connectivity index (χ1v) is 8.19. The zero-order chi connectivity index (χ0) is 16.8. The normalized spacial score (nSPS) is 16.9. The summed E-state index contributed by atoms with van der Waals surface area (Å²) in [6, 6.07) is 15.9. The van der Waals surface area contributed by atoms with Crippen molar-refractivity contribution in [1.29, 1.82) is 5.26 Å². The van der Waals surface area contributed by atoms with E-state index in [9.17, 15) is 4.79 Å². The van der Waals surface area contributed by atoms with Gasteiger partial charge in [0.15, 0.2) is 0 Å². The summed E-state index contributed by atoms with van der Waals surface area (Å²) in [7, 11) is 0. The van der Waals surface area contributed by atoms with Crippen molar-refractivity contribution in [2.75, 3.05) is 18.4 Å². The molecule has 0 saturated carbocycles. The third-order valence-corrected chi connectivity index (χ3v) is 4.22. The minimum Gasteiger partial charge on any atom is -0.364 e. The summed E-state index contributed by atoms with van der Waals surface area (Å²) >= 11 is 0. The van der Waals surface area contributed by atoms with E-state index >= 15 is 0 Å². The molecule has 0 bridgehead atoms. The van der Waals surface area contributed by atoms with Gasteiger partial charge >= 0.3 is 0 Å². The molecular formula is C19H20N4O. The predicted octanol–water partition coefficient (Wildman–Crippen LogP) is 2.60. The fourth-order valence-corrected chi connectivity index (χ4v) is 3.01. The number of nitriles is 1. The number of aryl methyl sites for hydroxylation is 1. The van der Waals surface area contributed by atoms with Crippen LogP contribution in [0.1, 0.15) is 24.0 Å². The maximum absolute atomic E-state index is 12.2. The largest absolute Gasteiger partial charge is 0.364 e. The Morgan fingerprint density at radius 2 is 2.08 bits per heavy atom. The van der Waals surface area contributed by atoms with Gasteiger partial charge in [-0.3, -0.25) is 4.79 Å². The van der Waals surface area contributed by atoms with Crippen molar-refractivity contribution in [1.82, 2.24) is 9.88 Å². The zero-order valence-electron chi connectivity index (χ0n) is 13.5. The zero-order valence-corrected chi connectivity index (χ0v) is 13.5. The van der Waals surface area contributed by atoms with Gasteiger partial charge < -0.3 is 10.2 Å². The van der Waals surface area contributed by atoms with Crippen LogP contribution < -0.4 is 5.32 Å². The average molecular weight is 320 g/mol. The molecule has 122 valence electrons. The second-order valence-electron chi connectivity index (χ2n) is 5.99. The Kier molecular flexibility index (Phi) is 5.07. The van der Waals surface area contributed by atoms with Gasteiger partial charge in [0.05, 0.1) is 11.6 Å². The molecule has 1 aliphatic rings. The van der Waals surface area contributed by atoms with E-state index in [1.807, 2.05) is 23.1 Å². The van der Waals surface area contributed by atoms with Crippen LogP contribution in [0.25, 0.3) is 0 Å². The highest BCUT2D eigenvalue weighted by atomic mass is 16.2. The molecule has 24 heavy (non-hydrogen) atoms. The Labute approximate surface area is 141 Å². The Balaban J connectivity index is 1.51. The monoisotopic (exact) mass is 320 g/mol. The molecule has 1 amide bonds. The average Bonchev–Trinajstić information content (AvgIpc) is 2.96. The van der Waals surface area contributed by atoms with Gasteiger partial charge in [0.1, 0.15) is 11.9 Å². The molecule has 0 unspecified atom stereocenters. The Morgan fingerprint density at radius 3 is 2.88 bits per heavy atom. The molecule has 1 aromatic carbocycles. The van der Waals surface area contributed by atoms with Gasteiger partial charge in [-0.1, -0.05) is 30.3 Å². The maximum Gasteiger partial charge on any atom is 0.224 e. The second-order valence-corrected chi connectivity index (χ2v) is 5.99. The first-order chi connectivity index (χ1) is 11.8. The van der Waals surface area contributed by atoms with E-state index in [1.54, 1.807) is 18.3 Å². The van der Waals surface area contributed by atoms with Crippen LogP contribution in [-0.2, 0) is 11.2 Å². The molecule has 3 rings (SSSR count). The third kappa shape index (κ3) is 3.90. The van der Waals surface area contributed by atoms with Gasteiger partial charge in [-0.05, 0) is 30.5 Å². The molecule has 1 atom stereocenters. The number of rotatable bonds is 6. The van der Waals surface area contributed by atoms with Gasteiger partial charge in [0.25, 0.3) is 0 Å². The number of aromatic nitrogens is 1. The Bertz CT molecular complexity index is 739. The summed E-state index contributed by atoms with van der Waals surface area (Å²) in [6.07, 6.45) is 4.03. The lowest BCUT2D eigenvalue weighted by atomic mass is 10.1. The second kappa shape index (κ2) is 7.60. The van der Waals surface area contributed by atoms with Crippen LogP contribution in [0.3, 0.4) is 0 Å². The number of hydrogen-bond acceptors (Lipinski definition) is 4. The fraction of sp³-hybridized carbons (Fsp3) is 0.316. The van der Waals surface area contributed by atoms with Gasteiger partial charge in [0, 0.05) is 25.7 Å². The summed E-state index contributed by atoms with van der Waals surface area (Å²) in [5, 5.41) is 12.3. The Hall–Kier alpha value is -2.87. The number of nitrogens with one attached hydrogen (secondary N) is 1. The van der Waals surface area contributed by atoms with Crippen molar-refractivity contribution >= 4 is 11.7 Å². The van der Waals surface area contributed by atoms with E-state index in [2.05, 4.69) is 28.5 Å². The molecular weight excluding hydrogens is 300 g/mol. The highest BCUT2D eigenvalue weighted by Gasteiger charge is 2.29. The van der Waals surface area contributed by atoms with Crippen molar-refractivity contribution < 1.29 is 4.79 Å². The molecule has 1 aromatic heterocycles. The van der Waals surface area contributed by atoms with Crippen LogP contribution in [0.2, 0.25) is 0 Å². The van der Waals surface area contributed by atoms with Crippen molar-refractivity contribution in [3.05, 3.63) is 59.8 Å². The molecule has 1 fully saturated rings. The highest BCUT2D eigenvalue weighted by molar-refractivity contribution is 5.80. The molecule has 0 aliphatic carbocycles. The van der Waals surface area contributed by atoms with Gasteiger partial charge in [-0.2, -0.15) is 5.26 Å². The summed E-state index contributed by atoms with van der Waals surface area (Å²) in [4.78, 5) is 18.3. The lowest BCUT2D eigenvalue weighted by molar-refractivity contribution is -0.127. The van der Waals surface area contributed by atoms with Crippen molar-refractivity contribution in [2.24, 2.45) is 0 Å². The molecule has 1 aliphatic heterocycles. The summed E-state index contributed by atoms with van der Waals surface area (Å²) in [6.45, 7) is 1.42. The first-order valence-electron chi connectivity index (χ1n) is 8.19. The van der Waals surface area contributed by atoms with Crippen LogP contribution in [0.15, 0.2) is 48.7 Å². The highest BCUT2D eigenvalue weighted by Crippen LogP contribution is 2.18. The van der Waals surface area contributed by atoms with Crippen LogP contribution in [-0.4, -0.2) is 34.9 Å². The summed E-state index contributed by atoms with van der Waals surface area (Å²) in [5.41, 5.74) is 1.80. The summed E-state index contributed by atoms with van der Waals surface area (Å²) < 4.78 is 0. The van der Waals surface area contributed by atoms with Crippen LogP contribution in [0.4, 0.5) is 5.82 Å². The number of pyridine rings is 1. The van der Waals surface area contributed by atoms with E-state index in [-0.39, 0.29) is 11.9 Å². The molecule has 0 spiro atoms. The number of amides is 1. The quantitative estimate of drug-likeness (QED) is 0.888. The van der Waals surface area contributed by atoms with Crippen LogP contribution in [0.5, 0.6) is 0 Å². The predicted molar refractivity (Wildman–Crippen MR) is 92.3 cm³/mol. The molecule has 1 N–H and O–H groups in total. The minimum atomic E-state index is 0.0104.